The highest BCUT2D eigenvalue weighted by molar-refractivity contribution is 5.79. The van der Waals surface area contributed by atoms with E-state index >= 15 is 0 Å². The molecule has 1 aliphatic heterocycles. The molecule has 0 radical (unpaired) electrons. The molecule has 1 aromatic carbocycles. The lowest BCUT2D eigenvalue weighted by molar-refractivity contribution is 0.197. The highest BCUT2D eigenvalue weighted by atomic mass is 16.5. The number of aryl methyl sites for hydroxylation is 1. The zero-order chi connectivity index (χ0) is 25.8. The number of hydrogen-bond acceptors (Lipinski definition) is 5. The zero-order valence-electron chi connectivity index (χ0n) is 23.9. The lowest BCUT2D eigenvalue weighted by Gasteiger charge is -2.26. The van der Waals surface area contributed by atoms with E-state index in [0.717, 1.165) is 62.4 Å². The fourth-order valence-electron chi connectivity index (χ4n) is 5.09. The Balaban J connectivity index is 1.75. The van der Waals surface area contributed by atoms with Crippen molar-refractivity contribution in [2.75, 3.05) is 58.3 Å². The summed E-state index contributed by atoms with van der Waals surface area (Å²) in [6, 6.07) is 6.93. The van der Waals surface area contributed by atoms with Gasteiger partial charge in [-0.3, -0.25) is 4.90 Å². The van der Waals surface area contributed by atoms with Crippen molar-refractivity contribution in [3.8, 4) is 0 Å². The number of rotatable bonds is 17. The van der Waals surface area contributed by atoms with Crippen molar-refractivity contribution in [2.45, 2.75) is 85.7 Å². The number of fused-ring (bicyclic) bond motifs is 1. The molecule has 0 unspecified atom stereocenters. The largest absolute Gasteiger partial charge is 0.385 e. The number of anilines is 1. The van der Waals surface area contributed by atoms with Crippen LogP contribution in [-0.4, -0.2) is 72.3 Å². The number of likely N-dealkylation sites (tertiary alicyclic amines) is 1. The van der Waals surface area contributed by atoms with Gasteiger partial charge in [0.05, 0.1) is 11.0 Å². The molecule has 6 nitrogen and oxygen atoms in total. The minimum Gasteiger partial charge on any atom is -0.385 e. The van der Waals surface area contributed by atoms with Crippen molar-refractivity contribution < 1.29 is 4.74 Å². The highest BCUT2D eigenvalue weighted by Gasteiger charge is 2.15. The van der Waals surface area contributed by atoms with Crippen molar-refractivity contribution >= 4 is 17.0 Å². The molecule has 6 heteroatoms. The minimum absolute atomic E-state index is 0.738. The predicted octanol–water partition coefficient (Wildman–Crippen LogP) is 6.25. The quantitative estimate of drug-likeness (QED) is 0.261. The first-order valence-corrected chi connectivity index (χ1v) is 14.6. The maximum absolute atomic E-state index is 5.25. The van der Waals surface area contributed by atoms with Crippen LogP contribution in [0.1, 0.15) is 78.2 Å². The summed E-state index contributed by atoms with van der Waals surface area (Å²) in [7, 11) is 1.77. The molecule has 0 aliphatic carbocycles. The number of imidazole rings is 1. The second kappa shape index (κ2) is 15.6. The number of piperidine rings is 1. The Kier molecular flexibility index (Phi) is 12.5. The summed E-state index contributed by atoms with van der Waals surface area (Å²) in [5.74, 6) is 2.48. The average molecular weight is 500 g/mol. The summed E-state index contributed by atoms with van der Waals surface area (Å²) in [5.41, 5.74) is 3.77. The van der Waals surface area contributed by atoms with Gasteiger partial charge in [0.1, 0.15) is 0 Å². The monoisotopic (exact) mass is 499 g/mol. The molecule has 0 saturated carbocycles. The Morgan fingerprint density at radius 2 is 1.69 bits per heavy atom. The first-order valence-electron chi connectivity index (χ1n) is 14.6. The van der Waals surface area contributed by atoms with Crippen LogP contribution in [0, 0.1) is 11.8 Å². The van der Waals surface area contributed by atoms with Crippen LogP contribution in [0.25, 0.3) is 11.0 Å². The first kappa shape index (κ1) is 28.9. The molecule has 1 aliphatic rings. The molecule has 0 bridgehead atoms. The predicted molar refractivity (Wildman–Crippen MR) is 154 cm³/mol. The summed E-state index contributed by atoms with van der Waals surface area (Å²) >= 11 is 0. The third-order valence-electron chi connectivity index (χ3n) is 7.38. The van der Waals surface area contributed by atoms with Crippen LogP contribution in [0.3, 0.4) is 0 Å². The van der Waals surface area contributed by atoms with Gasteiger partial charge in [-0.2, -0.15) is 0 Å². The molecule has 2 heterocycles. The molecule has 0 spiro atoms. The molecular formula is C30H53N5O. The second-order valence-corrected chi connectivity index (χ2v) is 11.6. The molecule has 0 atom stereocenters. The van der Waals surface area contributed by atoms with Gasteiger partial charge in [-0.1, -0.05) is 40.2 Å². The van der Waals surface area contributed by atoms with Crippen LogP contribution in [0.5, 0.6) is 0 Å². The van der Waals surface area contributed by atoms with E-state index in [4.69, 9.17) is 9.72 Å². The Hall–Kier alpha value is -1.63. The zero-order valence-corrected chi connectivity index (χ0v) is 23.9. The lowest BCUT2D eigenvalue weighted by atomic mass is 10.1. The maximum atomic E-state index is 5.25. The third-order valence-corrected chi connectivity index (χ3v) is 7.38. The summed E-state index contributed by atoms with van der Waals surface area (Å²) in [6.45, 7) is 19.0. The van der Waals surface area contributed by atoms with E-state index in [2.05, 4.69) is 65.6 Å². The van der Waals surface area contributed by atoms with E-state index in [9.17, 15) is 0 Å². The molecule has 3 rings (SSSR count). The maximum Gasteiger partial charge on any atom is 0.203 e. The molecular weight excluding hydrogens is 446 g/mol. The van der Waals surface area contributed by atoms with Crippen LogP contribution in [0.4, 0.5) is 5.95 Å². The van der Waals surface area contributed by atoms with Gasteiger partial charge in [-0.25, -0.2) is 4.98 Å². The summed E-state index contributed by atoms with van der Waals surface area (Å²) in [5, 5.41) is 3.60. The number of aromatic nitrogens is 2. The van der Waals surface area contributed by atoms with E-state index < -0.39 is 0 Å². The first-order chi connectivity index (χ1) is 17.5. The number of methoxy groups -OCH3 is 1. The van der Waals surface area contributed by atoms with Crippen molar-refractivity contribution in [2.24, 2.45) is 11.8 Å². The van der Waals surface area contributed by atoms with Crippen molar-refractivity contribution in [3.63, 3.8) is 0 Å². The molecule has 1 saturated heterocycles. The van der Waals surface area contributed by atoms with E-state index in [1.807, 2.05) is 0 Å². The van der Waals surface area contributed by atoms with E-state index in [-0.39, 0.29) is 0 Å². The number of benzene rings is 1. The Morgan fingerprint density at radius 1 is 0.972 bits per heavy atom. The Morgan fingerprint density at radius 3 is 2.36 bits per heavy atom. The highest BCUT2D eigenvalue weighted by Crippen LogP contribution is 2.23. The fourth-order valence-corrected chi connectivity index (χ4v) is 5.09. The molecule has 1 aromatic heterocycles. The van der Waals surface area contributed by atoms with Gasteiger partial charge in [-0.05, 0) is 101 Å². The van der Waals surface area contributed by atoms with Crippen LogP contribution in [0.15, 0.2) is 18.2 Å². The summed E-state index contributed by atoms with van der Waals surface area (Å²) in [6.07, 6.45) is 8.76. The van der Waals surface area contributed by atoms with Gasteiger partial charge in [0.2, 0.25) is 5.95 Å². The van der Waals surface area contributed by atoms with Gasteiger partial charge in [0, 0.05) is 33.4 Å². The number of nitrogens with one attached hydrogen (secondary N) is 1. The van der Waals surface area contributed by atoms with E-state index in [0.29, 0.717) is 0 Å². The number of nitrogens with zero attached hydrogens (tertiary/aromatic N) is 4. The Labute approximate surface area is 220 Å². The summed E-state index contributed by atoms with van der Waals surface area (Å²) < 4.78 is 7.68. The SMILES string of the molecule is COCCCNc1nc2ccc(CN(CCC(C)C)CCC(C)C)cc2n1CCCN1CCCCC1. The van der Waals surface area contributed by atoms with Gasteiger partial charge in [-0.15, -0.1) is 0 Å². The van der Waals surface area contributed by atoms with Crippen LogP contribution >= 0.6 is 0 Å². The average Bonchev–Trinajstić information content (AvgIpc) is 3.20. The topological polar surface area (TPSA) is 45.6 Å². The minimum atomic E-state index is 0.738. The normalized spacial score (nSPS) is 15.1. The van der Waals surface area contributed by atoms with Gasteiger partial charge in [0.25, 0.3) is 0 Å². The molecule has 1 fully saturated rings. The van der Waals surface area contributed by atoms with Crippen LogP contribution in [-0.2, 0) is 17.8 Å². The van der Waals surface area contributed by atoms with Crippen LogP contribution < -0.4 is 5.32 Å². The van der Waals surface area contributed by atoms with Gasteiger partial charge < -0.3 is 19.5 Å². The molecule has 0 amide bonds. The smallest absolute Gasteiger partial charge is 0.203 e. The van der Waals surface area contributed by atoms with Crippen molar-refractivity contribution in [3.05, 3.63) is 23.8 Å². The standard InChI is InChI=1S/C30H53N5O/c1-25(2)13-20-34(21-14-26(3)4)24-27-11-12-28-29(23-27)35(30(32-28)31-15-9-22-36-5)19-10-18-33-16-7-6-8-17-33/h11-12,23,25-26H,6-10,13-22,24H2,1-5H3,(H,31,32). The molecule has 1 N–H and O–H groups in total. The van der Waals surface area contributed by atoms with Crippen molar-refractivity contribution in [1.29, 1.82) is 0 Å². The summed E-state index contributed by atoms with van der Waals surface area (Å²) in [4.78, 5) is 10.3. The number of hydrogen-bond donors (Lipinski definition) is 1. The lowest BCUT2D eigenvalue weighted by Crippen LogP contribution is -2.31. The van der Waals surface area contributed by atoms with Crippen molar-refractivity contribution in [1.82, 2.24) is 19.4 Å². The number of ether oxygens (including phenoxy) is 1. The van der Waals surface area contributed by atoms with E-state index in [1.54, 1.807) is 7.11 Å². The van der Waals surface area contributed by atoms with Gasteiger partial charge in [0.15, 0.2) is 0 Å². The van der Waals surface area contributed by atoms with Gasteiger partial charge >= 0.3 is 0 Å². The van der Waals surface area contributed by atoms with Crippen LogP contribution in [0.2, 0.25) is 0 Å². The van der Waals surface area contributed by atoms with E-state index in [1.165, 1.54) is 75.9 Å². The molecule has 36 heavy (non-hydrogen) atoms. The molecule has 2 aromatic rings. The fraction of sp³-hybridized carbons (Fsp3) is 0.767. The second-order valence-electron chi connectivity index (χ2n) is 11.6. The Bertz CT molecular complexity index is 860. The molecule has 204 valence electrons. The third kappa shape index (κ3) is 9.68.